The summed E-state index contributed by atoms with van der Waals surface area (Å²) >= 11 is 3.54. The van der Waals surface area contributed by atoms with E-state index in [4.69, 9.17) is 18.9 Å². The molecule has 4 aliphatic heterocycles. The van der Waals surface area contributed by atoms with Crippen molar-refractivity contribution in [2.45, 2.75) is 130 Å². The number of carbonyl (C=O) groups is 2. The highest BCUT2D eigenvalue weighted by molar-refractivity contribution is 9.10. The molecule has 5 heterocycles. The third-order valence-electron chi connectivity index (χ3n) is 9.71. The van der Waals surface area contributed by atoms with Crippen molar-refractivity contribution in [2.75, 3.05) is 26.3 Å². The summed E-state index contributed by atoms with van der Waals surface area (Å²) in [6.07, 6.45) is 6.86. The fourth-order valence-corrected chi connectivity index (χ4v) is 7.99. The maximum atomic E-state index is 12.7. The van der Waals surface area contributed by atoms with E-state index < -0.39 is 11.2 Å². The van der Waals surface area contributed by atoms with E-state index in [1.165, 1.54) is 22.3 Å². The van der Waals surface area contributed by atoms with Gasteiger partial charge >= 0.3 is 12.2 Å². The van der Waals surface area contributed by atoms with Crippen LogP contribution in [0.25, 0.3) is 11.3 Å². The molecule has 2 fully saturated rings. The second-order valence-corrected chi connectivity index (χ2v) is 16.7. The minimum atomic E-state index is -0.493. The molecule has 4 aliphatic rings. The lowest BCUT2D eigenvalue weighted by Gasteiger charge is -2.36. The van der Waals surface area contributed by atoms with Gasteiger partial charge in [0.2, 0.25) is 0 Å². The maximum Gasteiger partial charge on any atom is 0.410 e. The predicted octanol–water partition coefficient (Wildman–Crippen LogP) is 10.5. The lowest BCUT2D eigenvalue weighted by molar-refractivity contribution is -0.0267. The smallest absolute Gasteiger partial charge is 0.410 e. The summed E-state index contributed by atoms with van der Waals surface area (Å²) in [6.45, 7) is 14.3. The van der Waals surface area contributed by atoms with Gasteiger partial charge in [-0.1, -0.05) is 55.0 Å². The highest BCUT2D eigenvalue weighted by Crippen LogP contribution is 2.40. The number of likely N-dealkylation sites (tertiary alicyclic amines) is 2. The number of halogens is 1. The molecular weight excluding hydrogens is 734 g/mol. The van der Waals surface area contributed by atoms with Crippen molar-refractivity contribution in [1.82, 2.24) is 14.8 Å². The van der Waals surface area contributed by atoms with Crippen molar-refractivity contribution in [3.8, 4) is 11.3 Å². The molecule has 2 saturated heterocycles. The maximum absolute atomic E-state index is 12.7. The van der Waals surface area contributed by atoms with Crippen LogP contribution in [0.3, 0.4) is 0 Å². The van der Waals surface area contributed by atoms with E-state index in [0.717, 1.165) is 67.3 Å². The normalized spacial score (nSPS) is 22.2. The fraction of sp³-hybridized carbons (Fsp3) is 0.558. The Morgan fingerprint density at radius 3 is 1.74 bits per heavy atom. The molecule has 0 radical (unpaired) electrons. The van der Waals surface area contributed by atoms with E-state index in [0.29, 0.717) is 13.2 Å². The van der Waals surface area contributed by atoms with Crippen LogP contribution >= 0.6 is 15.9 Å². The Labute approximate surface area is 325 Å². The standard InChI is InChI=1S/C23H28N2O3.C18H24BrNO3.2CH4/c1-23(2,3)28-22(26)25-13-6-8-20(25)21-18-10-9-17(15-16(18)11-14-27-21)19-7-4-5-12-24-19;1-18(2,3)23-17(21)20-9-4-5-15(20)16-14-7-6-13(19)11-12(14)8-10-22-16;;/h4-5,7,9-10,12,15,20-21H,6,8,11,13-14H2,1-3H3;6-7,11,15-16H,4-5,8-10H2,1-3H3;2*1H4/t20-,21-;15-,16-;;/m00../s1. The summed E-state index contributed by atoms with van der Waals surface area (Å²) in [5.74, 6) is 0. The van der Waals surface area contributed by atoms with Crippen molar-refractivity contribution < 1.29 is 28.5 Å². The topological polar surface area (TPSA) is 90.4 Å². The van der Waals surface area contributed by atoms with Gasteiger partial charge in [-0.3, -0.25) is 4.98 Å². The number of benzene rings is 2. The third kappa shape index (κ3) is 10.4. The van der Waals surface area contributed by atoms with Gasteiger partial charge in [0, 0.05) is 29.3 Å². The Hall–Kier alpha value is -3.47. The third-order valence-corrected chi connectivity index (χ3v) is 10.2. The van der Waals surface area contributed by atoms with E-state index >= 15 is 0 Å². The monoisotopic (exact) mass is 793 g/mol. The van der Waals surface area contributed by atoms with Crippen molar-refractivity contribution in [2.24, 2.45) is 0 Å². The van der Waals surface area contributed by atoms with Crippen LogP contribution in [0.2, 0.25) is 0 Å². The number of nitrogens with zero attached hydrogens (tertiary/aromatic N) is 3. The Morgan fingerprint density at radius 1 is 0.736 bits per heavy atom. The van der Waals surface area contributed by atoms with Gasteiger partial charge in [0.25, 0.3) is 0 Å². The molecule has 290 valence electrons. The van der Waals surface area contributed by atoms with Gasteiger partial charge in [-0.15, -0.1) is 0 Å². The molecule has 0 aliphatic carbocycles. The van der Waals surface area contributed by atoms with Crippen LogP contribution in [0.5, 0.6) is 0 Å². The molecular formula is C43H60BrN3O6. The minimum Gasteiger partial charge on any atom is -0.444 e. The number of pyridine rings is 1. The molecule has 9 nitrogen and oxygen atoms in total. The van der Waals surface area contributed by atoms with Crippen molar-refractivity contribution >= 4 is 28.1 Å². The van der Waals surface area contributed by atoms with Crippen LogP contribution in [0.15, 0.2) is 65.3 Å². The first-order valence-electron chi connectivity index (χ1n) is 18.3. The zero-order valence-electron chi connectivity index (χ0n) is 30.8. The first kappa shape index (κ1) is 42.3. The molecule has 1 aromatic heterocycles. The summed E-state index contributed by atoms with van der Waals surface area (Å²) in [7, 11) is 0. The van der Waals surface area contributed by atoms with E-state index in [1.54, 1.807) is 0 Å². The molecule has 0 N–H and O–H groups in total. The van der Waals surface area contributed by atoms with Crippen molar-refractivity contribution in [3.63, 3.8) is 0 Å². The molecule has 0 bridgehead atoms. The quantitative estimate of drug-likeness (QED) is 0.261. The molecule has 3 aromatic rings. The average molecular weight is 795 g/mol. The summed E-state index contributed by atoms with van der Waals surface area (Å²) in [5.41, 5.74) is 6.13. The molecule has 4 atom stereocenters. The summed E-state index contributed by atoms with van der Waals surface area (Å²) < 4.78 is 24.5. The minimum absolute atomic E-state index is 0. The summed E-state index contributed by atoms with van der Waals surface area (Å²) in [6, 6.07) is 18.9. The predicted molar refractivity (Wildman–Crippen MR) is 214 cm³/mol. The molecule has 53 heavy (non-hydrogen) atoms. The Kier molecular flexibility index (Phi) is 14.2. The lowest BCUT2D eigenvalue weighted by Crippen LogP contribution is -2.43. The molecule has 0 unspecified atom stereocenters. The summed E-state index contributed by atoms with van der Waals surface area (Å²) in [4.78, 5) is 33.4. The Balaban J connectivity index is 0.000000232. The van der Waals surface area contributed by atoms with Crippen LogP contribution < -0.4 is 0 Å². The van der Waals surface area contributed by atoms with Crippen LogP contribution in [0.1, 0.15) is 117 Å². The number of hydrogen-bond acceptors (Lipinski definition) is 7. The largest absolute Gasteiger partial charge is 0.444 e. The average Bonchev–Trinajstić information content (AvgIpc) is 3.78. The fourth-order valence-electron chi connectivity index (χ4n) is 7.58. The number of carbonyl (C=O) groups excluding carboxylic acids is 2. The first-order chi connectivity index (χ1) is 24.3. The van der Waals surface area contributed by atoms with Gasteiger partial charge in [0.1, 0.15) is 23.4 Å². The number of aromatic nitrogens is 1. The van der Waals surface area contributed by atoms with Crippen LogP contribution in [-0.4, -0.2) is 76.6 Å². The highest BCUT2D eigenvalue weighted by Gasteiger charge is 2.41. The van der Waals surface area contributed by atoms with Crippen molar-refractivity contribution in [1.29, 1.82) is 0 Å². The van der Waals surface area contributed by atoms with E-state index in [-0.39, 0.29) is 51.3 Å². The number of fused-ring (bicyclic) bond motifs is 2. The molecule has 0 spiro atoms. The molecule has 0 saturated carbocycles. The SMILES string of the molecule is C.C.CC(C)(C)OC(=O)N1CCC[C@H]1[C@H]1OCCc2cc(-c3ccccn3)ccc21.CC(C)(C)OC(=O)N1CCC[C@H]1[C@H]1OCCc2cc(Br)ccc21. The Morgan fingerprint density at radius 2 is 1.25 bits per heavy atom. The lowest BCUT2D eigenvalue weighted by atomic mass is 9.90. The van der Waals surface area contributed by atoms with E-state index in [2.05, 4.69) is 51.2 Å². The van der Waals surface area contributed by atoms with Crippen molar-refractivity contribution in [3.05, 3.63) is 87.5 Å². The second kappa shape index (κ2) is 17.8. The van der Waals surface area contributed by atoms with Gasteiger partial charge in [-0.25, -0.2) is 9.59 Å². The molecule has 2 aromatic carbocycles. The van der Waals surface area contributed by atoms with Gasteiger partial charge in [-0.2, -0.15) is 0 Å². The number of rotatable bonds is 3. The van der Waals surface area contributed by atoms with E-state index in [9.17, 15) is 9.59 Å². The van der Waals surface area contributed by atoms with Crippen LogP contribution in [0.4, 0.5) is 9.59 Å². The number of ether oxygens (including phenoxy) is 4. The van der Waals surface area contributed by atoms with Crippen LogP contribution in [-0.2, 0) is 31.8 Å². The number of hydrogen-bond donors (Lipinski definition) is 0. The molecule has 2 amide bonds. The molecule has 7 rings (SSSR count). The molecule has 10 heteroatoms. The van der Waals surface area contributed by atoms with E-state index in [1.807, 2.05) is 81.8 Å². The Bertz CT molecular complexity index is 1690. The van der Waals surface area contributed by atoms with Gasteiger partial charge in [-0.05, 0) is 133 Å². The van der Waals surface area contributed by atoms with Gasteiger partial charge < -0.3 is 28.7 Å². The summed E-state index contributed by atoms with van der Waals surface area (Å²) in [5, 5.41) is 0. The van der Waals surface area contributed by atoms with Gasteiger partial charge in [0.15, 0.2) is 0 Å². The highest BCUT2D eigenvalue weighted by atomic mass is 79.9. The first-order valence-corrected chi connectivity index (χ1v) is 19.1. The zero-order valence-corrected chi connectivity index (χ0v) is 32.4. The van der Waals surface area contributed by atoms with Gasteiger partial charge in [0.05, 0.1) is 31.0 Å². The number of amides is 2. The zero-order chi connectivity index (χ0) is 36.3. The second-order valence-electron chi connectivity index (χ2n) is 15.8. The van der Waals surface area contributed by atoms with Crippen LogP contribution in [0, 0.1) is 0 Å².